The average molecular weight is 278 g/mol. The molecule has 1 aromatic carbocycles. The highest BCUT2D eigenvalue weighted by Gasteiger charge is 2.65. The molecule has 0 heterocycles. The molecule has 1 N–H and O–H groups in total. The average Bonchev–Trinajstić information content (AvgIpc) is 3.16. The van der Waals surface area contributed by atoms with Gasteiger partial charge in [-0.15, -0.1) is 0 Å². The van der Waals surface area contributed by atoms with E-state index in [-0.39, 0.29) is 24.3 Å². The number of methoxy groups -OCH3 is 1. The van der Waals surface area contributed by atoms with E-state index in [4.69, 9.17) is 9.47 Å². The predicted molar refractivity (Wildman–Crippen MR) is 71.0 cm³/mol. The summed E-state index contributed by atoms with van der Waals surface area (Å²) in [6.07, 6.45) is 0.852. The minimum atomic E-state index is -0.819. The van der Waals surface area contributed by atoms with E-state index in [0.29, 0.717) is 12.8 Å². The van der Waals surface area contributed by atoms with Gasteiger partial charge in [-0.1, -0.05) is 12.1 Å². The van der Waals surface area contributed by atoms with Crippen LogP contribution in [-0.2, 0) is 25.5 Å². The van der Waals surface area contributed by atoms with Crippen LogP contribution in [0.5, 0.6) is 5.75 Å². The van der Waals surface area contributed by atoms with Crippen molar-refractivity contribution in [1.82, 2.24) is 0 Å². The maximum atomic E-state index is 12.1. The van der Waals surface area contributed by atoms with E-state index in [1.54, 1.807) is 31.2 Å². The number of esters is 2. The van der Waals surface area contributed by atoms with E-state index >= 15 is 0 Å². The van der Waals surface area contributed by atoms with Crippen molar-refractivity contribution in [2.45, 2.75) is 19.8 Å². The van der Waals surface area contributed by atoms with Crippen LogP contribution in [0.4, 0.5) is 0 Å². The Morgan fingerprint density at radius 1 is 1.35 bits per heavy atom. The second-order valence-electron chi connectivity index (χ2n) is 5.00. The van der Waals surface area contributed by atoms with Crippen LogP contribution in [0.2, 0.25) is 0 Å². The first-order chi connectivity index (χ1) is 9.53. The van der Waals surface area contributed by atoms with E-state index < -0.39 is 11.3 Å². The van der Waals surface area contributed by atoms with Gasteiger partial charge in [0.15, 0.2) is 0 Å². The molecule has 0 aliphatic heterocycles. The van der Waals surface area contributed by atoms with Gasteiger partial charge in [-0.05, 0) is 37.5 Å². The van der Waals surface area contributed by atoms with Gasteiger partial charge >= 0.3 is 11.9 Å². The van der Waals surface area contributed by atoms with Gasteiger partial charge in [0.05, 0.1) is 25.0 Å². The molecule has 0 radical (unpaired) electrons. The zero-order valence-electron chi connectivity index (χ0n) is 11.6. The fourth-order valence-electron chi connectivity index (χ4n) is 2.50. The minimum Gasteiger partial charge on any atom is -0.508 e. The highest BCUT2D eigenvalue weighted by atomic mass is 16.5. The number of carbonyl (C=O) groups is 2. The van der Waals surface area contributed by atoms with Crippen molar-refractivity contribution in [3.8, 4) is 5.75 Å². The maximum Gasteiger partial charge on any atom is 0.313 e. The lowest BCUT2D eigenvalue weighted by molar-refractivity contribution is -0.154. The molecule has 1 aliphatic carbocycles. The van der Waals surface area contributed by atoms with Crippen LogP contribution < -0.4 is 0 Å². The largest absolute Gasteiger partial charge is 0.508 e. The normalized spacial score (nSPS) is 24.0. The van der Waals surface area contributed by atoms with Crippen molar-refractivity contribution in [2.24, 2.45) is 11.3 Å². The zero-order chi connectivity index (χ0) is 14.8. The van der Waals surface area contributed by atoms with Crippen molar-refractivity contribution in [3.63, 3.8) is 0 Å². The van der Waals surface area contributed by atoms with E-state index in [1.807, 2.05) is 0 Å². The number of hydrogen-bond donors (Lipinski definition) is 1. The summed E-state index contributed by atoms with van der Waals surface area (Å²) in [5.41, 5.74) is 0.0577. The molecule has 1 aliphatic rings. The summed E-state index contributed by atoms with van der Waals surface area (Å²) >= 11 is 0. The van der Waals surface area contributed by atoms with Crippen molar-refractivity contribution in [3.05, 3.63) is 29.8 Å². The minimum absolute atomic E-state index is 0.166. The molecule has 20 heavy (non-hydrogen) atoms. The number of rotatable bonds is 5. The van der Waals surface area contributed by atoms with Gasteiger partial charge in [-0.2, -0.15) is 0 Å². The van der Waals surface area contributed by atoms with E-state index in [2.05, 4.69) is 0 Å². The molecule has 108 valence electrons. The molecule has 5 heteroatoms. The fourth-order valence-corrected chi connectivity index (χ4v) is 2.50. The fraction of sp³-hybridized carbons (Fsp3) is 0.467. The lowest BCUT2D eigenvalue weighted by atomic mass is 9.93. The van der Waals surface area contributed by atoms with Crippen LogP contribution in [0.15, 0.2) is 24.3 Å². The molecule has 2 rings (SSSR count). The summed E-state index contributed by atoms with van der Waals surface area (Å²) in [6, 6.07) is 6.60. The third-order valence-electron chi connectivity index (χ3n) is 3.70. The lowest BCUT2D eigenvalue weighted by Crippen LogP contribution is -2.26. The standard InChI is InChI=1S/C15H18O5/c1-3-20-14(18)15(9-12(15)13(17)19-2)8-10-4-6-11(16)7-5-10/h4-7,12,16H,3,8-9H2,1-2H3. The third kappa shape index (κ3) is 2.61. The topological polar surface area (TPSA) is 72.8 Å². The van der Waals surface area contributed by atoms with E-state index in [1.165, 1.54) is 7.11 Å². The molecular weight excluding hydrogens is 260 g/mol. The Kier molecular flexibility index (Phi) is 3.97. The number of benzene rings is 1. The van der Waals surface area contributed by atoms with E-state index in [9.17, 15) is 14.7 Å². The van der Waals surface area contributed by atoms with Crippen LogP contribution in [0.1, 0.15) is 18.9 Å². The summed E-state index contributed by atoms with van der Waals surface area (Å²) in [7, 11) is 1.32. The van der Waals surface area contributed by atoms with E-state index in [0.717, 1.165) is 5.56 Å². The number of aromatic hydroxyl groups is 1. The molecule has 1 aromatic rings. The van der Waals surface area contributed by atoms with Gasteiger partial charge < -0.3 is 14.6 Å². The van der Waals surface area contributed by atoms with Crippen LogP contribution in [0, 0.1) is 11.3 Å². The number of phenolic OH excluding ortho intramolecular Hbond substituents is 1. The first-order valence-corrected chi connectivity index (χ1v) is 6.56. The van der Waals surface area contributed by atoms with Crippen LogP contribution >= 0.6 is 0 Å². The first-order valence-electron chi connectivity index (χ1n) is 6.56. The number of phenols is 1. The van der Waals surface area contributed by atoms with Gasteiger partial charge in [0, 0.05) is 0 Å². The Balaban J connectivity index is 2.19. The Hall–Kier alpha value is -2.04. The van der Waals surface area contributed by atoms with Gasteiger partial charge in [0.1, 0.15) is 5.75 Å². The Morgan fingerprint density at radius 3 is 2.55 bits per heavy atom. The third-order valence-corrected chi connectivity index (χ3v) is 3.70. The highest BCUT2D eigenvalue weighted by Crippen LogP contribution is 2.56. The second kappa shape index (κ2) is 5.53. The summed E-state index contributed by atoms with van der Waals surface area (Å²) < 4.78 is 9.82. The monoisotopic (exact) mass is 278 g/mol. The SMILES string of the molecule is CCOC(=O)C1(Cc2ccc(O)cc2)CC1C(=O)OC. The zero-order valence-corrected chi connectivity index (χ0v) is 11.6. The molecule has 1 fully saturated rings. The lowest BCUT2D eigenvalue weighted by Gasteiger charge is -2.15. The molecule has 1 saturated carbocycles. The predicted octanol–water partition coefficient (Wildman–Crippen LogP) is 1.68. The van der Waals surface area contributed by atoms with Crippen molar-refractivity contribution >= 4 is 11.9 Å². The molecule has 2 unspecified atom stereocenters. The van der Waals surface area contributed by atoms with Crippen molar-refractivity contribution in [1.29, 1.82) is 0 Å². The highest BCUT2D eigenvalue weighted by molar-refractivity contribution is 5.91. The molecule has 0 amide bonds. The molecule has 0 bridgehead atoms. The molecular formula is C15H18O5. The smallest absolute Gasteiger partial charge is 0.313 e. The van der Waals surface area contributed by atoms with Crippen molar-refractivity contribution < 1.29 is 24.2 Å². The maximum absolute atomic E-state index is 12.1. The Bertz CT molecular complexity index is 508. The summed E-state index contributed by atoms with van der Waals surface area (Å²) in [6.45, 7) is 2.02. The number of hydrogen-bond acceptors (Lipinski definition) is 5. The molecule has 2 atom stereocenters. The van der Waals surface area contributed by atoms with Crippen LogP contribution in [0.3, 0.4) is 0 Å². The van der Waals surface area contributed by atoms with Crippen molar-refractivity contribution in [2.75, 3.05) is 13.7 Å². The number of carbonyl (C=O) groups excluding carboxylic acids is 2. The number of ether oxygens (including phenoxy) is 2. The van der Waals surface area contributed by atoms with Crippen LogP contribution in [0.25, 0.3) is 0 Å². The Labute approximate surface area is 117 Å². The van der Waals surface area contributed by atoms with Gasteiger partial charge in [-0.3, -0.25) is 9.59 Å². The van der Waals surface area contributed by atoms with Gasteiger partial charge in [0.25, 0.3) is 0 Å². The molecule has 0 aromatic heterocycles. The quantitative estimate of drug-likeness (QED) is 0.829. The van der Waals surface area contributed by atoms with Gasteiger partial charge in [-0.25, -0.2) is 0 Å². The molecule has 5 nitrogen and oxygen atoms in total. The van der Waals surface area contributed by atoms with Crippen LogP contribution in [-0.4, -0.2) is 30.8 Å². The Morgan fingerprint density at radius 2 is 2.00 bits per heavy atom. The summed E-state index contributed by atoms with van der Waals surface area (Å²) in [5, 5.41) is 9.28. The summed E-state index contributed by atoms with van der Waals surface area (Å²) in [4.78, 5) is 23.8. The molecule has 0 saturated heterocycles. The summed E-state index contributed by atoms with van der Waals surface area (Å²) in [5.74, 6) is -1.01. The second-order valence-corrected chi connectivity index (χ2v) is 5.00. The molecule has 0 spiro atoms. The van der Waals surface area contributed by atoms with Gasteiger partial charge in [0.2, 0.25) is 0 Å². The first kappa shape index (κ1) is 14.4.